The third kappa shape index (κ3) is 3.32. The summed E-state index contributed by atoms with van der Waals surface area (Å²) in [4.78, 5) is 0. The topological polar surface area (TPSA) is 30.5 Å². The van der Waals surface area contributed by atoms with Crippen LogP contribution < -0.4 is 5.32 Å². The van der Waals surface area contributed by atoms with Gasteiger partial charge in [-0.2, -0.15) is 0 Å². The molecule has 1 N–H and O–H groups in total. The first-order valence-electron chi connectivity index (χ1n) is 8.25. The molecule has 0 aromatic heterocycles. The standard InChI is InChI=1S/C16H29NO2/c1-13(14-5-3-2-4-6-14)17-15-7-9-19-16(11-15)8-10-18-12-16/h13-15,17H,2-12H2,1H3. The minimum Gasteiger partial charge on any atom is -0.378 e. The second-order valence-corrected chi connectivity index (χ2v) is 6.88. The van der Waals surface area contributed by atoms with Crippen LogP contribution in [0.3, 0.4) is 0 Å². The molecule has 0 amide bonds. The van der Waals surface area contributed by atoms with Crippen molar-refractivity contribution in [2.24, 2.45) is 5.92 Å². The fraction of sp³-hybridized carbons (Fsp3) is 1.00. The van der Waals surface area contributed by atoms with Gasteiger partial charge in [-0.05, 0) is 38.5 Å². The lowest BCUT2D eigenvalue weighted by molar-refractivity contribution is -0.0909. The SMILES string of the molecule is CC(NC1CCOC2(CCOC2)C1)C1CCCCC1. The molecule has 0 aromatic carbocycles. The quantitative estimate of drug-likeness (QED) is 0.853. The maximum Gasteiger partial charge on any atom is 0.0951 e. The zero-order chi connectivity index (χ0) is 13.1. The van der Waals surface area contributed by atoms with Crippen LogP contribution in [0.1, 0.15) is 58.3 Å². The van der Waals surface area contributed by atoms with E-state index < -0.39 is 0 Å². The fourth-order valence-corrected chi connectivity index (χ4v) is 4.18. The van der Waals surface area contributed by atoms with Crippen LogP contribution in [0, 0.1) is 5.92 Å². The molecule has 19 heavy (non-hydrogen) atoms. The number of ether oxygens (including phenoxy) is 2. The van der Waals surface area contributed by atoms with Gasteiger partial charge in [0.1, 0.15) is 0 Å². The van der Waals surface area contributed by atoms with Gasteiger partial charge in [0.05, 0.1) is 12.2 Å². The highest BCUT2D eigenvalue weighted by molar-refractivity contribution is 4.94. The number of rotatable bonds is 3. The molecular weight excluding hydrogens is 238 g/mol. The van der Waals surface area contributed by atoms with Crippen LogP contribution in [0.4, 0.5) is 0 Å². The van der Waals surface area contributed by atoms with Crippen LogP contribution in [-0.4, -0.2) is 37.5 Å². The summed E-state index contributed by atoms with van der Waals surface area (Å²) < 4.78 is 11.6. The molecular formula is C16H29NO2. The van der Waals surface area contributed by atoms with E-state index in [1.54, 1.807) is 0 Å². The Morgan fingerprint density at radius 3 is 2.68 bits per heavy atom. The normalized spacial score (nSPS) is 38.7. The van der Waals surface area contributed by atoms with Gasteiger partial charge in [0.15, 0.2) is 0 Å². The van der Waals surface area contributed by atoms with Crippen molar-refractivity contribution in [1.82, 2.24) is 5.32 Å². The van der Waals surface area contributed by atoms with Gasteiger partial charge in [-0.1, -0.05) is 19.3 Å². The van der Waals surface area contributed by atoms with Crippen LogP contribution in [0.25, 0.3) is 0 Å². The number of hydrogen-bond donors (Lipinski definition) is 1. The summed E-state index contributed by atoms with van der Waals surface area (Å²) >= 11 is 0. The monoisotopic (exact) mass is 267 g/mol. The predicted octanol–water partition coefficient (Wildman–Crippen LogP) is 2.88. The molecule has 3 rings (SSSR count). The van der Waals surface area contributed by atoms with E-state index in [0.29, 0.717) is 12.1 Å². The number of hydrogen-bond acceptors (Lipinski definition) is 3. The second kappa shape index (κ2) is 6.11. The molecule has 2 aliphatic heterocycles. The Morgan fingerprint density at radius 2 is 1.95 bits per heavy atom. The molecule has 3 unspecified atom stereocenters. The Labute approximate surface area is 117 Å². The average molecular weight is 267 g/mol. The summed E-state index contributed by atoms with van der Waals surface area (Å²) in [6.45, 7) is 4.98. The summed E-state index contributed by atoms with van der Waals surface area (Å²) in [5.41, 5.74) is 0.0439. The third-order valence-corrected chi connectivity index (χ3v) is 5.42. The zero-order valence-electron chi connectivity index (χ0n) is 12.3. The lowest BCUT2D eigenvalue weighted by Crippen LogP contribution is -2.51. The molecule has 3 nitrogen and oxygen atoms in total. The van der Waals surface area contributed by atoms with Gasteiger partial charge >= 0.3 is 0 Å². The van der Waals surface area contributed by atoms with Gasteiger partial charge in [0, 0.05) is 31.7 Å². The van der Waals surface area contributed by atoms with Gasteiger partial charge in [-0.15, -0.1) is 0 Å². The van der Waals surface area contributed by atoms with E-state index >= 15 is 0 Å². The molecule has 1 spiro atoms. The molecule has 0 radical (unpaired) electrons. The molecule has 3 heteroatoms. The van der Waals surface area contributed by atoms with Crippen molar-refractivity contribution in [2.75, 3.05) is 19.8 Å². The molecule has 3 atom stereocenters. The zero-order valence-corrected chi connectivity index (χ0v) is 12.3. The van der Waals surface area contributed by atoms with E-state index in [9.17, 15) is 0 Å². The Morgan fingerprint density at radius 1 is 1.11 bits per heavy atom. The van der Waals surface area contributed by atoms with Crippen LogP contribution in [0.15, 0.2) is 0 Å². The molecule has 3 fully saturated rings. The highest BCUT2D eigenvalue weighted by atomic mass is 16.6. The molecule has 2 saturated heterocycles. The molecule has 0 bridgehead atoms. The summed E-state index contributed by atoms with van der Waals surface area (Å²) in [7, 11) is 0. The van der Waals surface area contributed by atoms with Gasteiger partial charge < -0.3 is 14.8 Å². The van der Waals surface area contributed by atoms with E-state index in [2.05, 4.69) is 12.2 Å². The van der Waals surface area contributed by atoms with Gasteiger partial charge in [-0.25, -0.2) is 0 Å². The fourth-order valence-electron chi connectivity index (χ4n) is 4.18. The Bertz CT molecular complexity index is 282. The van der Waals surface area contributed by atoms with Gasteiger partial charge in [0.25, 0.3) is 0 Å². The van der Waals surface area contributed by atoms with Crippen molar-refractivity contribution in [3.63, 3.8) is 0 Å². The lowest BCUT2D eigenvalue weighted by Gasteiger charge is -2.40. The first-order valence-corrected chi connectivity index (χ1v) is 8.25. The molecule has 1 saturated carbocycles. The molecule has 0 aromatic rings. The smallest absolute Gasteiger partial charge is 0.0951 e. The molecule has 110 valence electrons. The maximum absolute atomic E-state index is 6.02. The van der Waals surface area contributed by atoms with Crippen LogP contribution in [0.2, 0.25) is 0 Å². The van der Waals surface area contributed by atoms with Crippen LogP contribution in [0.5, 0.6) is 0 Å². The minimum atomic E-state index is 0.0439. The largest absolute Gasteiger partial charge is 0.378 e. The van der Waals surface area contributed by atoms with Crippen molar-refractivity contribution in [1.29, 1.82) is 0 Å². The first-order chi connectivity index (χ1) is 9.27. The molecule has 1 aliphatic carbocycles. The second-order valence-electron chi connectivity index (χ2n) is 6.88. The van der Waals surface area contributed by atoms with Crippen molar-refractivity contribution >= 4 is 0 Å². The Kier molecular flexibility index (Phi) is 4.45. The van der Waals surface area contributed by atoms with Crippen LogP contribution in [-0.2, 0) is 9.47 Å². The highest BCUT2D eigenvalue weighted by Gasteiger charge is 2.41. The van der Waals surface area contributed by atoms with Crippen LogP contribution >= 0.6 is 0 Å². The van der Waals surface area contributed by atoms with Gasteiger partial charge in [0.2, 0.25) is 0 Å². The molecule has 3 aliphatic rings. The first kappa shape index (κ1) is 13.8. The highest BCUT2D eigenvalue weighted by Crippen LogP contribution is 2.34. The summed E-state index contributed by atoms with van der Waals surface area (Å²) in [6.07, 6.45) is 10.6. The summed E-state index contributed by atoms with van der Waals surface area (Å²) in [5, 5.41) is 3.90. The molecule has 2 heterocycles. The minimum absolute atomic E-state index is 0.0439. The van der Waals surface area contributed by atoms with E-state index in [1.807, 2.05) is 0 Å². The van der Waals surface area contributed by atoms with Crippen molar-refractivity contribution in [3.8, 4) is 0 Å². The van der Waals surface area contributed by atoms with Crippen molar-refractivity contribution < 1.29 is 9.47 Å². The van der Waals surface area contributed by atoms with Gasteiger partial charge in [-0.3, -0.25) is 0 Å². The van der Waals surface area contributed by atoms with E-state index in [0.717, 1.165) is 38.6 Å². The average Bonchev–Trinajstić information content (AvgIpc) is 2.88. The van der Waals surface area contributed by atoms with Crippen molar-refractivity contribution in [3.05, 3.63) is 0 Å². The van der Waals surface area contributed by atoms with E-state index in [4.69, 9.17) is 9.47 Å². The summed E-state index contributed by atoms with van der Waals surface area (Å²) in [6, 6.07) is 1.30. The lowest BCUT2D eigenvalue weighted by atomic mass is 9.83. The Balaban J connectivity index is 1.51. The Hall–Kier alpha value is -0.120. The maximum atomic E-state index is 6.02. The van der Waals surface area contributed by atoms with E-state index in [-0.39, 0.29) is 5.60 Å². The third-order valence-electron chi connectivity index (χ3n) is 5.42. The van der Waals surface area contributed by atoms with Crippen molar-refractivity contribution in [2.45, 2.75) is 76.0 Å². The predicted molar refractivity (Wildman–Crippen MR) is 76.3 cm³/mol. The summed E-state index contributed by atoms with van der Waals surface area (Å²) in [5.74, 6) is 0.896. The van der Waals surface area contributed by atoms with E-state index in [1.165, 1.54) is 38.5 Å². The number of nitrogens with one attached hydrogen (secondary N) is 1.